The van der Waals surface area contributed by atoms with Crippen LogP contribution in [0.15, 0.2) is 0 Å². The molecule has 0 aliphatic rings. The zero-order valence-corrected chi connectivity index (χ0v) is 33.8. The summed E-state index contributed by atoms with van der Waals surface area (Å²) in [5, 5.41) is 79.2. The predicted molar refractivity (Wildman–Crippen MR) is 170 cm³/mol. The van der Waals surface area contributed by atoms with Crippen LogP contribution in [0.4, 0.5) is 0 Å². The van der Waals surface area contributed by atoms with Crippen molar-refractivity contribution in [2.75, 3.05) is 0 Å². The fraction of sp³-hybridized carbons (Fsp3) is 0.400. The normalized spacial score (nSPS) is 6.67. The van der Waals surface area contributed by atoms with E-state index in [2.05, 4.69) is 48.9 Å². The van der Waals surface area contributed by atoms with E-state index in [0.29, 0.717) is 45.6 Å². The molecular weight excluding hydrogens is 739 g/mol. The van der Waals surface area contributed by atoms with Crippen LogP contribution in [0.25, 0.3) is 21.6 Å². The summed E-state index contributed by atoms with van der Waals surface area (Å²) < 4.78 is 3.16. The Balaban J connectivity index is -0.0000000402. The van der Waals surface area contributed by atoms with Crippen molar-refractivity contribution >= 4 is 69.5 Å². The maximum Gasteiger partial charge on any atom is 2.00 e. The summed E-state index contributed by atoms with van der Waals surface area (Å²) in [4.78, 5) is 0. The van der Waals surface area contributed by atoms with Gasteiger partial charge in [0.05, 0.1) is 0 Å². The van der Waals surface area contributed by atoms with Gasteiger partial charge >= 0.3 is 39.0 Å². The third-order valence-corrected chi connectivity index (χ3v) is 4.53. The topological polar surface area (TPSA) is 329 Å². The van der Waals surface area contributed by atoms with Crippen LogP contribution in [0.1, 0.15) is 45.6 Å². The molecule has 16 nitrogen and oxygen atoms in total. The minimum atomic E-state index is 0. The van der Waals surface area contributed by atoms with E-state index in [1.54, 1.807) is 55.4 Å². The van der Waals surface area contributed by atoms with Gasteiger partial charge < -0.3 is 64.4 Å². The van der Waals surface area contributed by atoms with Gasteiger partial charge in [-0.3, -0.25) is 0 Å². The molecule has 0 aliphatic carbocycles. The molecule has 0 radical (unpaired) electrons. The van der Waals surface area contributed by atoms with Gasteiger partial charge in [0, 0.05) is 55.4 Å². The molecule has 0 aliphatic heterocycles. The van der Waals surface area contributed by atoms with E-state index in [1.165, 1.54) is 20.6 Å². The molecule has 2 aromatic rings. The van der Waals surface area contributed by atoms with Crippen molar-refractivity contribution in [3.63, 3.8) is 0 Å². The zero-order valence-electron chi connectivity index (χ0n) is 24.6. The summed E-state index contributed by atoms with van der Waals surface area (Å²) in [6.07, 6.45) is 0. The Morgan fingerprint density at radius 3 is 0.476 bits per heavy atom. The average molecular weight is 776 g/mol. The molecular formula is C20H36N8O8S4Zn2+4. The van der Waals surface area contributed by atoms with Crippen LogP contribution in [-0.2, 0) is 60.9 Å². The van der Waals surface area contributed by atoms with E-state index < -0.39 is 0 Å². The second kappa shape index (κ2) is 38.6. The van der Waals surface area contributed by atoms with E-state index in [9.17, 15) is 20.8 Å². The summed E-state index contributed by atoms with van der Waals surface area (Å²) in [5.74, 6) is 0. The minimum Gasteiger partial charge on any atom is -0.753 e. The molecule has 0 aromatic carbocycles. The number of thiocarbonyl (C=S) groups is 4. The summed E-state index contributed by atoms with van der Waals surface area (Å²) in [6, 6.07) is 0. The number of hydrogen-bond donors (Lipinski definition) is 0. The van der Waals surface area contributed by atoms with Gasteiger partial charge in [-0.1, -0.05) is 48.9 Å². The fourth-order valence-corrected chi connectivity index (χ4v) is 2.18. The summed E-state index contributed by atoms with van der Waals surface area (Å²) >= 11 is 14.8. The van der Waals surface area contributed by atoms with E-state index in [4.69, 9.17) is 21.6 Å². The molecule has 0 unspecified atom stereocenters. The quantitative estimate of drug-likeness (QED) is 0.0822. The maximum atomic E-state index is 11.3. The van der Waals surface area contributed by atoms with E-state index in [-0.39, 0.29) is 60.9 Å². The van der Waals surface area contributed by atoms with Gasteiger partial charge in [-0.05, 0) is 0 Å². The van der Waals surface area contributed by atoms with Gasteiger partial charge in [0.1, 0.15) is 0 Å². The van der Waals surface area contributed by atoms with Crippen LogP contribution in [0.3, 0.4) is 0 Å². The van der Waals surface area contributed by atoms with Gasteiger partial charge in [-0.15, -0.1) is 0 Å². The minimum absolute atomic E-state index is 0. The SMILES string of the molecule is Cc1c(C)[n+]([O-])c(C)c(C)[n+]1[O-].Cc1c(C)[n+]([O-])c(C)c(C)[n+]1[O-].[N-]=C=S.[N-]=C=S.[N-]=C=S.[N-]=C=S.[OH3+].[OH3+].[OH3+].[OH3+].[Zn+2].[Zn+2]. The van der Waals surface area contributed by atoms with Crippen molar-refractivity contribution < 1.29 is 79.8 Å². The molecule has 42 heavy (non-hydrogen) atoms. The Kier molecular flexibility index (Phi) is 62.0. The molecule has 22 heteroatoms. The second-order valence-corrected chi connectivity index (χ2v) is 6.96. The molecule has 12 N–H and O–H groups in total. The smallest absolute Gasteiger partial charge is 0.753 e. The Labute approximate surface area is 290 Å². The van der Waals surface area contributed by atoms with Crippen molar-refractivity contribution in [3.05, 3.63) is 88.0 Å². The molecule has 0 spiro atoms. The first-order valence-electron chi connectivity index (χ1n) is 9.23. The first-order valence-corrected chi connectivity index (χ1v) is 10.9. The van der Waals surface area contributed by atoms with Crippen LogP contribution in [-0.4, -0.2) is 20.6 Å². The van der Waals surface area contributed by atoms with Crippen molar-refractivity contribution in [1.29, 1.82) is 0 Å². The van der Waals surface area contributed by atoms with Crippen LogP contribution in [0.2, 0.25) is 0 Å². The molecule has 2 rings (SSSR count). The first kappa shape index (κ1) is 67.4. The first-order chi connectivity index (χ1) is 16.6. The summed E-state index contributed by atoms with van der Waals surface area (Å²) in [7, 11) is 0. The van der Waals surface area contributed by atoms with Gasteiger partial charge in [0.2, 0.25) is 0 Å². The van der Waals surface area contributed by atoms with Crippen LogP contribution < -0.4 is 18.9 Å². The number of aromatic nitrogens is 4. The van der Waals surface area contributed by atoms with Crippen LogP contribution in [0, 0.1) is 76.2 Å². The van der Waals surface area contributed by atoms with Gasteiger partial charge in [-0.25, -0.2) is 0 Å². The third-order valence-electron chi connectivity index (χ3n) is 4.53. The van der Waals surface area contributed by atoms with Gasteiger partial charge in [-0.2, -0.15) is 39.6 Å². The Morgan fingerprint density at radius 1 is 0.381 bits per heavy atom. The van der Waals surface area contributed by atoms with Crippen molar-refractivity contribution in [3.8, 4) is 0 Å². The van der Waals surface area contributed by atoms with Gasteiger partial charge in [0.25, 0.3) is 45.6 Å². The zero-order chi connectivity index (χ0) is 29.8. The monoisotopic (exact) mass is 772 g/mol. The predicted octanol–water partition coefficient (Wildman–Crippen LogP) is -0.684. The molecule has 0 fully saturated rings. The van der Waals surface area contributed by atoms with Crippen LogP contribution in [0.5, 0.6) is 0 Å². The molecule has 228 valence electrons. The number of hydrogen-bond acceptors (Lipinski definition) is 8. The largest absolute Gasteiger partial charge is 2.00 e. The van der Waals surface area contributed by atoms with Crippen molar-refractivity contribution in [2.24, 2.45) is 0 Å². The number of isothiocyanates is 4. The summed E-state index contributed by atoms with van der Waals surface area (Å²) in [5.41, 5.74) is 3.73. The number of rotatable bonds is 0. The van der Waals surface area contributed by atoms with E-state index >= 15 is 0 Å². The van der Waals surface area contributed by atoms with Crippen molar-refractivity contribution in [2.45, 2.75) is 55.4 Å². The Bertz CT molecular complexity index is 862. The second-order valence-electron chi connectivity index (χ2n) is 6.23. The van der Waals surface area contributed by atoms with Crippen LogP contribution >= 0.6 is 48.9 Å². The van der Waals surface area contributed by atoms with Crippen molar-refractivity contribution in [1.82, 2.24) is 0 Å². The van der Waals surface area contributed by atoms with Gasteiger partial charge in [0.15, 0.2) is 0 Å². The molecule has 0 saturated heterocycles. The Morgan fingerprint density at radius 2 is 0.429 bits per heavy atom. The Hall–Kier alpha value is -2.35. The molecule has 0 amide bonds. The molecule has 2 aromatic heterocycles. The van der Waals surface area contributed by atoms with E-state index in [0.717, 1.165) is 18.9 Å². The third kappa shape index (κ3) is 24.3. The maximum absolute atomic E-state index is 11.3. The summed E-state index contributed by atoms with van der Waals surface area (Å²) in [6.45, 7) is 13.1. The standard InChI is InChI=1S/2C8H12N2O2.4CNS.4H2O.2Zn/c2*1-5-6(2)10(12)8(4)7(3)9(5)11;4*2-1-3;;;;;;/h2*1-4H3;;;;;4*1H2;;/q;;4*-1;;;;;2*+2/p+4. The number of nitrogens with zero attached hydrogens (tertiary/aromatic N) is 8. The fourth-order valence-electron chi connectivity index (χ4n) is 2.18. The average Bonchev–Trinajstić information content (AvgIpc) is 2.84. The van der Waals surface area contributed by atoms with E-state index in [1.807, 2.05) is 0 Å². The molecule has 2 heterocycles. The molecule has 0 atom stereocenters. The molecule has 0 saturated carbocycles. The molecule has 0 bridgehead atoms.